The molecule has 1 saturated heterocycles. The number of para-hydroxylation sites is 1. The van der Waals surface area contributed by atoms with E-state index in [0.29, 0.717) is 18.4 Å². The maximum absolute atomic E-state index is 12.5. The van der Waals surface area contributed by atoms with Crippen LogP contribution < -0.4 is 10.2 Å². The Morgan fingerprint density at radius 3 is 2.70 bits per heavy atom. The molecule has 0 spiro atoms. The first-order valence-electron chi connectivity index (χ1n) is 8.51. The minimum atomic E-state index is 0.0945. The number of nitrogens with zero attached hydrogens (tertiary/aromatic N) is 1. The number of nitrogens with one attached hydrogen (secondary N) is 2. The highest BCUT2D eigenvalue weighted by Crippen LogP contribution is 2.22. The molecule has 0 bridgehead atoms. The number of hydrogen-bond donors (Lipinski definition) is 2. The van der Waals surface area contributed by atoms with Gasteiger partial charge in [-0.15, -0.1) is 0 Å². The van der Waals surface area contributed by atoms with Crippen molar-refractivity contribution in [2.75, 3.05) is 25.0 Å². The molecule has 2 unspecified atom stereocenters. The van der Waals surface area contributed by atoms with Gasteiger partial charge in [-0.25, -0.2) is 0 Å². The van der Waals surface area contributed by atoms with E-state index in [2.05, 4.69) is 24.1 Å². The molecule has 0 radical (unpaired) electrons. The van der Waals surface area contributed by atoms with E-state index in [9.17, 15) is 4.79 Å². The van der Waals surface area contributed by atoms with Crippen LogP contribution in [0.2, 0.25) is 0 Å². The van der Waals surface area contributed by atoms with Crippen LogP contribution >= 0.6 is 0 Å². The molecule has 4 nitrogen and oxygen atoms in total. The minimum absolute atomic E-state index is 0.0945. The molecule has 1 aliphatic rings. The van der Waals surface area contributed by atoms with Gasteiger partial charge in [0.25, 0.3) is 5.91 Å². The van der Waals surface area contributed by atoms with Gasteiger partial charge in [-0.3, -0.25) is 9.78 Å². The molecule has 1 amide bonds. The van der Waals surface area contributed by atoms with Crippen molar-refractivity contribution in [1.82, 2.24) is 4.98 Å². The lowest BCUT2D eigenvalue weighted by Gasteiger charge is -2.31. The van der Waals surface area contributed by atoms with E-state index in [1.165, 1.54) is 11.3 Å². The molecular formula is C19H26N3O+. The number of piperidine rings is 1. The maximum atomic E-state index is 12.5. The second-order valence-electron chi connectivity index (χ2n) is 7.16. The second kappa shape index (κ2) is 6.67. The van der Waals surface area contributed by atoms with Crippen LogP contribution in [0.5, 0.6) is 0 Å². The molecule has 1 aromatic heterocycles. The first kappa shape index (κ1) is 15.9. The van der Waals surface area contributed by atoms with Crippen molar-refractivity contribution in [1.29, 1.82) is 0 Å². The SMILES string of the molecule is Cc1cc(NC(=O)C[NH+]2CC(C)CC(C)C2)c2ccccc2n1. The van der Waals surface area contributed by atoms with E-state index in [4.69, 9.17) is 0 Å². The Kier molecular flexibility index (Phi) is 4.62. The lowest BCUT2D eigenvalue weighted by atomic mass is 9.92. The molecule has 2 atom stereocenters. The van der Waals surface area contributed by atoms with E-state index in [1.54, 1.807) is 0 Å². The summed E-state index contributed by atoms with van der Waals surface area (Å²) in [5, 5.41) is 4.10. The predicted octanol–water partition coefficient (Wildman–Crippen LogP) is 2.04. The summed E-state index contributed by atoms with van der Waals surface area (Å²) >= 11 is 0. The van der Waals surface area contributed by atoms with Crippen molar-refractivity contribution in [2.24, 2.45) is 11.8 Å². The van der Waals surface area contributed by atoms with Crippen LogP contribution in [0.1, 0.15) is 26.0 Å². The third kappa shape index (κ3) is 3.88. The molecule has 23 heavy (non-hydrogen) atoms. The number of pyridine rings is 1. The van der Waals surface area contributed by atoms with Crippen LogP contribution in [0.25, 0.3) is 10.9 Å². The highest BCUT2D eigenvalue weighted by atomic mass is 16.2. The van der Waals surface area contributed by atoms with Crippen LogP contribution in [0.3, 0.4) is 0 Å². The average Bonchev–Trinajstić information content (AvgIpc) is 2.45. The van der Waals surface area contributed by atoms with E-state index in [0.717, 1.165) is 35.4 Å². The van der Waals surface area contributed by atoms with E-state index >= 15 is 0 Å². The number of rotatable bonds is 3. The summed E-state index contributed by atoms with van der Waals surface area (Å²) in [5.41, 5.74) is 2.72. The molecule has 1 aliphatic heterocycles. The van der Waals surface area contributed by atoms with Gasteiger partial charge in [0.15, 0.2) is 6.54 Å². The fourth-order valence-electron chi connectivity index (χ4n) is 3.90. The number of amides is 1. The number of hydrogen-bond acceptors (Lipinski definition) is 2. The summed E-state index contributed by atoms with van der Waals surface area (Å²) in [7, 11) is 0. The van der Waals surface area contributed by atoms with Crippen molar-refractivity contribution in [3.8, 4) is 0 Å². The average molecular weight is 312 g/mol. The van der Waals surface area contributed by atoms with Crippen molar-refractivity contribution in [2.45, 2.75) is 27.2 Å². The van der Waals surface area contributed by atoms with Crippen LogP contribution in [-0.2, 0) is 4.79 Å². The Morgan fingerprint density at radius 1 is 1.26 bits per heavy atom. The first-order chi connectivity index (χ1) is 11.0. The molecule has 2 heterocycles. The number of benzene rings is 1. The number of aryl methyl sites for hydroxylation is 1. The second-order valence-corrected chi connectivity index (χ2v) is 7.16. The number of likely N-dealkylation sites (tertiary alicyclic amines) is 1. The molecule has 2 N–H and O–H groups in total. The Morgan fingerprint density at radius 2 is 1.96 bits per heavy atom. The Balaban J connectivity index is 1.73. The number of aromatic nitrogens is 1. The third-order valence-corrected chi connectivity index (χ3v) is 4.61. The van der Waals surface area contributed by atoms with Crippen molar-refractivity contribution < 1.29 is 9.69 Å². The summed E-state index contributed by atoms with van der Waals surface area (Å²) in [5.74, 6) is 1.49. The van der Waals surface area contributed by atoms with Crippen LogP contribution in [0.4, 0.5) is 5.69 Å². The van der Waals surface area contributed by atoms with E-state index < -0.39 is 0 Å². The Bertz CT molecular complexity index is 703. The summed E-state index contributed by atoms with van der Waals surface area (Å²) in [6, 6.07) is 9.90. The molecule has 1 aromatic carbocycles. The van der Waals surface area contributed by atoms with E-state index in [-0.39, 0.29) is 5.91 Å². The topological polar surface area (TPSA) is 46.4 Å². The van der Waals surface area contributed by atoms with Gasteiger partial charge in [-0.1, -0.05) is 32.0 Å². The molecule has 1 fully saturated rings. The van der Waals surface area contributed by atoms with Gasteiger partial charge in [0, 0.05) is 22.9 Å². The molecule has 2 aromatic rings. The molecule has 0 aliphatic carbocycles. The summed E-state index contributed by atoms with van der Waals surface area (Å²) in [4.78, 5) is 18.4. The summed E-state index contributed by atoms with van der Waals surface area (Å²) in [6.07, 6.45) is 1.28. The zero-order chi connectivity index (χ0) is 16.4. The number of carbonyl (C=O) groups excluding carboxylic acids is 1. The normalized spacial score (nSPS) is 24.6. The van der Waals surface area contributed by atoms with Gasteiger partial charge in [-0.2, -0.15) is 0 Å². The third-order valence-electron chi connectivity index (χ3n) is 4.61. The molecule has 3 rings (SSSR count). The minimum Gasteiger partial charge on any atom is -0.327 e. The van der Waals surface area contributed by atoms with Gasteiger partial charge in [0.05, 0.1) is 24.3 Å². The summed E-state index contributed by atoms with van der Waals surface area (Å²) in [6.45, 7) is 9.26. The quantitative estimate of drug-likeness (QED) is 0.911. The zero-order valence-corrected chi connectivity index (χ0v) is 14.2. The number of anilines is 1. The zero-order valence-electron chi connectivity index (χ0n) is 14.2. The molecule has 0 saturated carbocycles. The largest absolute Gasteiger partial charge is 0.327 e. The fourth-order valence-corrected chi connectivity index (χ4v) is 3.90. The lowest BCUT2D eigenvalue weighted by Crippen LogP contribution is -3.15. The number of carbonyl (C=O) groups is 1. The predicted molar refractivity (Wildman–Crippen MR) is 93.6 cm³/mol. The van der Waals surface area contributed by atoms with Crippen LogP contribution in [-0.4, -0.2) is 30.5 Å². The van der Waals surface area contributed by atoms with Gasteiger partial charge in [0.2, 0.25) is 0 Å². The fraction of sp³-hybridized carbons (Fsp3) is 0.474. The Labute approximate surface area is 137 Å². The molecule has 122 valence electrons. The highest BCUT2D eigenvalue weighted by molar-refractivity contribution is 6.01. The van der Waals surface area contributed by atoms with E-state index in [1.807, 2.05) is 37.3 Å². The Hall–Kier alpha value is -1.94. The van der Waals surface area contributed by atoms with Crippen molar-refractivity contribution >= 4 is 22.5 Å². The van der Waals surface area contributed by atoms with Crippen molar-refractivity contribution in [3.63, 3.8) is 0 Å². The smallest absolute Gasteiger partial charge is 0.279 e. The molecule has 4 heteroatoms. The standard InChI is InChI=1S/C19H25N3O/c1-13-8-14(2)11-22(10-13)12-19(23)21-18-9-15(3)20-17-7-5-4-6-16(17)18/h4-7,9,13-14H,8,10-12H2,1-3H3,(H,20,21,23)/p+1. The summed E-state index contributed by atoms with van der Waals surface area (Å²) < 4.78 is 0. The van der Waals surface area contributed by atoms with Gasteiger partial charge < -0.3 is 10.2 Å². The van der Waals surface area contributed by atoms with Gasteiger partial charge in [-0.05, 0) is 25.5 Å². The number of fused-ring (bicyclic) bond motifs is 1. The van der Waals surface area contributed by atoms with Gasteiger partial charge >= 0.3 is 0 Å². The maximum Gasteiger partial charge on any atom is 0.279 e. The monoisotopic (exact) mass is 312 g/mol. The highest BCUT2D eigenvalue weighted by Gasteiger charge is 2.26. The first-order valence-corrected chi connectivity index (χ1v) is 8.51. The molecular weight excluding hydrogens is 286 g/mol. The van der Waals surface area contributed by atoms with Gasteiger partial charge in [0.1, 0.15) is 0 Å². The van der Waals surface area contributed by atoms with Crippen LogP contribution in [0.15, 0.2) is 30.3 Å². The lowest BCUT2D eigenvalue weighted by molar-refractivity contribution is -0.904. The van der Waals surface area contributed by atoms with Crippen molar-refractivity contribution in [3.05, 3.63) is 36.0 Å². The number of quaternary nitrogens is 1. The van der Waals surface area contributed by atoms with Crippen LogP contribution in [0, 0.1) is 18.8 Å².